The molecule has 0 amide bonds. The van der Waals surface area contributed by atoms with E-state index < -0.39 is 0 Å². The summed E-state index contributed by atoms with van der Waals surface area (Å²) >= 11 is 3.61. The molecule has 0 spiro atoms. The molecule has 21 heavy (non-hydrogen) atoms. The second kappa shape index (κ2) is 7.02. The first kappa shape index (κ1) is 15.9. The summed E-state index contributed by atoms with van der Waals surface area (Å²) in [5.74, 6) is 1.89. The second-order valence-corrected chi connectivity index (χ2v) is 6.07. The van der Waals surface area contributed by atoms with Crippen molar-refractivity contribution in [1.82, 2.24) is 19.7 Å². The lowest BCUT2D eigenvalue weighted by molar-refractivity contribution is 0.603. The van der Waals surface area contributed by atoms with Crippen LogP contribution in [-0.4, -0.2) is 26.3 Å². The summed E-state index contributed by atoms with van der Waals surface area (Å²) in [5, 5.41) is 7.65. The van der Waals surface area contributed by atoms with Crippen molar-refractivity contribution in [3.8, 4) is 11.4 Å². The molecule has 0 atom stereocenters. The molecule has 2 heterocycles. The molecule has 1 N–H and O–H groups in total. The Balaban J connectivity index is 2.46. The van der Waals surface area contributed by atoms with Gasteiger partial charge in [-0.25, -0.2) is 9.97 Å². The van der Waals surface area contributed by atoms with Gasteiger partial charge in [-0.15, -0.1) is 0 Å². The Morgan fingerprint density at radius 3 is 2.67 bits per heavy atom. The molecule has 0 aromatic carbocycles. The van der Waals surface area contributed by atoms with Crippen molar-refractivity contribution in [1.29, 1.82) is 0 Å². The minimum Gasteiger partial charge on any atom is -0.369 e. The van der Waals surface area contributed by atoms with Crippen LogP contribution in [0.5, 0.6) is 0 Å². The van der Waals surface area contributed by atoms with E-state index in [9.17, 15) is 0 Å². The summed E-state index contributed by atoms with van der Waals surface area (Å²) < 4.78 is 2.88. The molecule has 0 radical (unpaired) electrons. The number of hydrogen-bond acceptors (Lipinski definition) is 4. The maximum atomic E-state index is 4.71. The molecule has 0 aliphatic rings. The van der Waals surface area contributed by atoms with Crippen LogP contribution in [0.2, 0.25) is 0 Å². The fraction of sp³-hybridized carbons (Fsp3) is 0.533. The molecule has 0 saturated carbocycles. The Labute approximate surface area is 134 Å². The lowest BCUT2D eigenvalue weighted by Crippen LogP contribution is -2.07. The van der Waals surface area contributed by atoms with Crippen LogP contribution >= 0.6 is 15.9 Å². The van der Waals surface area contributed by atoms with E-state index in [-0.39, 0.29) is 0 Å². The zero-order chi connectivity index (χ0) is 15.4. The van der Waals surface area contributed by atoms with Gasteiger partial charge in [-0.1, -0.05) is 20.8 Å². The third-order valence-corrected chi connectivity index (χ3v) is 3.89. The van der Waals surface area contributed by atoms with Gasteiger partial charge in [0.1, 0.15) is 5.82 Å². The first-order valence-corrected chi connectivity index (χ1v) is 8.20. The SMILES string of the molecule is CCCn1cc(-c2nc(NCC)c(Br)c(C(C)C)n2)cn1. The van der Waals surface area contributed by atoms with Gasteiger partial charge >= 0.3 is 0 Å². The largest absolute Gasteiger partial charge is 0.369 e. The Morgan fingerprint density at radius 1 is 1.29 bits per heavy atom. The standard InChI is InChI=1S/C15H22BrN5/c1-5-7-21-9-11(8-18-21)14-19-13(10(3)4)12(16)15(20-14)17-6-2/h8-10H,5-7H2,1-4H3,(H,17,19,20). The molecule has 2 rings (SSSR count). The predicted molar refractivity (Wildman–Crippen MR) is 89.5 cm³/mol. The highest BCUT2D eigenvalue weighted by atomic mass is 79.9. The fourth-order valence-corrected chi connectivity index (χ4v) is 2.87. The van der Waals surface area contributed by atoms with E-state index in [0.29, 0.717) is 5.92 Å². The quantitative estimate of drug-likeness (QED) is 0.852. The zero-order valence-electron chi connectivity index (χ0n) is 13.0. The highest BCUT2D eigenvalue weighted by Gasteiger charge is 2.16. The van der Waals surface area contributed by atoms with Crippen molar-refractivity contribution < 1.29 is 0 Å². The van der Waals surface area contributed by atoms with Gasteiger partial charge in [0.25, 0.3) is 0 Å². The first-order valence-electron chi connectivity index (χ1n) is 7.40. The molecule has 2 aromatic rings. The number of anilines is 1. The van der Waals surface area contributed by atoms with Crippen molar-refractivity contribution in [2.45, 2.75) is 46.6 Å². The van der Waals surface area contributed by atoms with E-state index in [1.54, 1.807) is 0 Å². The molecule has 6 heteroatoms. The van der Waals surface area contributed by atoms with Gasteiger partial charge in [0.05, 0.1) is 21.9 Å². The van der Waals surface area contributed by atoms with Gasteiger partial charge in [-0.05, 0) is 35.2 Å². The molecule has 0 saturated heterocycles. The monoisotopic (exact) mass is 351 g/mol. The number of aryl methyl sites for hydroxylation is 1. The van der Waals surface area contributed by atoms with E-state index in [0.717, 1.165) is 46.9 Å². The van der Waals surface area contributed by atoms with Crippen molar-refractivity contribution >= 4 is 21.7 Å². The molecule has 2 aromatic heterocycles. The lowest BCUT2D eigenvalue weighted by atomic mass is 10.1. The number of aromatic nitrogens is 4. The Kier molecular flexibility index (Phi) is 5.33. The summed E-state index contributed by atoms with van der Waals surface area (Å²) in [6.45, 7) is 10.2. The molecular weight excluding hydrogens is 330 g/mol. The summed E-state index contributed by atoms with van der Waals surface area (Å²) in [6.07, 6.45) is 4.90. The zero-order valence-corrected chi connectivity index (χ0v) is 14.6. The van der Waals surface area contributed by atoms with Crippen LogP contribution in [0.15, 0.2) is 16.9 Å². The van der Waals surface area contributed by atoms with Crippen molar-refractivity contribution in [3.63, 3.8) is 0 Å². The highest BCUT2D eigenvalue weighted by Crippen LogP contribution is 2.31. The number of halogens is 1. The number of hydrogen-bond donors (Lipinski definition) is 1. The van der Waals surface area contributed by atoms with Gasteiger partial charge < -0.3 is 5.32 Å². The molecule has 0 aliphatic heterocycles. The van der Waals surface area contributed by atoms with Crippen LogP contribution < -0.4 is 5.32 Å². The topological polar surface area (TPSA) is 55.6 Å². The van der Waals surface area contributed by atoms with E-state index >= 15 is 0 Å². The van der Waals surface area contributed by atoms with E-state index in [2.05, 4.69) is 59.0 Å². The number of nitrogens with zero attached hydrogens (tertiary/aromatic N) is 4. The third kappa shape index (κ3) is 3.61. The Bertz CT molecular complexity index is 606. The summed E-state index contributed by atoms with van der Waals surface area (Å²) in [7, 11) is 0. The summed E-state index contributed by atoms with van der Waals surface area (Å²) in [5.41, 5.74) is 1.97. The molecule has 0 unspecified atom stereocenters. The molecule has 0 fully saturated rings. The Hall–Kier alpha value is -1.43. The number of nitrogens with one attached hydrogen (secondary N) is 1. The van der Waals surface area contributed by atoms with Gasteiger partial charge in [0, 0.05) is 19.3 Å². The van der Waals surface area contributed by atoms with Gasteiger partial charge in [0.15, 0.2) is 5.82 Å². The first-order chi connectivity index (χ1) is 10.1. The molecule has 5 nitrogen and oxygen atoms in total. The van der Waals surface area contributed by atoms with Crippen LogP contribution in [0.3, 0.4) is 0 Å². The maximum Gasteiger partial charge on any atom is 0.165 e. The van der Waals surface area contributed by atoms with E-state index in [1.165, 1.54) is 0 Å². The van der Waals surface area contributed by atoms with Crippen molar-refractivity contribution in [2.75, 3.05) is 11.9 Å². The van der Waals surface area contributed by atoms with Gasteiger partial charge in [-0.2, -0.15) is 5.10 Å². The lowest BCUT2D eigenvalue weighted by Gasteiger charge is -2.13. The van der Waals surface area contributed by atoms with E-state index in [1.807, 2.05) is 17.1 Å². The molecule has 0 bridgehead atoms. The van der Waals surface area contributed by atoms with Crippen LogP contribution in [0.1, 0.15) is 45.7 Å². The maximum absolute atomic E-state index is 4.71. The fourth-order valence-electron chi connectivity index (χ4n) is 2.09. The van der Waals surface area contributed by atoms with Gasteiger partial charge in [-0.3, -0.25) is 4.68 Å². The molecule has 0 aliphatic carbocycles. The van der Waals surface area contributed by atoms with Crippen LogP contribution in [0.25, 0.3) is 11.4 Å². The highest BCUT2D eigenvalue weighted by molar-refractivity contribution is 9.10. The normalized spacial score (nSPS) is 11.1. The summed E-state index contributed by atoms with van der Waals surface area (Å²) in [4.78, 5) is 9.33. The molecular formula is C15H22BrN5. The number of rotatable bonds is 6. The predicted octanol–water partition coefficient (Wildman–Crippen LogP) is 4.07. The van der Waals surface area contributed by atoms with Crippen LogP contribution in [-0.2, 0) is 6.54 Å². The summed E-state index contributed by atoms with van der Waals surface area (Å²) in [6, 6.07) is 0. The van der Waals surface area contributed by atoms with Crippen molar-refractivity contribution in [3.05, 3.63) is 22.6 Å². The smallest absolute Gasteiger partial charge is 0.165 e. The van der Waals surface area contributed by atoms with Crippen molar-refractivity contribution in [2.24, 2.45) is 0 Å². The minimum absolute atomic E-state index is 0.323. The molecule has 114 valence electrons. The Morgan fingerprint density at radius 2 is 2.05 bits per heavy atom. The average Bonchev–Trinajstić information content (AvgIpc) is 2.90. The van der Waals surface area contributed by atoms with Crippen LogP contribution in [0, 0.1) is 0 Å². The third-order valence-electron chi connectivity index (χ3n) is 3.11. The minimum atomic E-state index is 0.323. The van der Waals surface area contributed by atoms with E-state index in [4.69, 9.17) is 4.98 Å². The van der Waals surface area contributed by atoms with Gasteiger partial charge in [0.2, 0.25) is 0 Å². The average molecular weight is 352 g/mol. The van der Waals surface area contributed by atoms with Crippen LogP contribution in [0.4, 0.5) is 5.82 Å². The second-order valence-electron chi connectivity index (χ2n) is 5.27.